The molecule has 22 heavy (non-hydrogen) atoms. The lowest BCUT2D eigenvalue weighted by Crippen LogP contribution is -2.51. The summed E-state index contributed by atoms with van der Waals surface area (Å²) in [5.41, 5.74) is 1.81. The Hall–Kier alpha value is -1.81. The first-order valence-corrected chi connectivity index (χ1v) is 8.23. The molecule has 0 spiro atoms. The molecular formula is C18H18BrNO2. The molecule has 0 saturated heterocycles. The highest BCUT2D eigenvalue weighted by Gasteiger charge is 2.41. The van der Waals surface area contributed by atoms with Crippen molar-refractivity contribution in [3.8, 4) is 0 Å². The largest absolute Gasteiger partial charge is 0.445 e. The normalized spacial score (nSPS) is 15.7. The summed E-state index contributed by atoms with van der Waals surface area (Å²) in [5.74, 6) is 0. The van der Waals surface area contributed by atoms with Crippen LogP contribution < -0.4 is 5.32 Å². The quantitative estimate of drug-likeness (QED) is 0.854. The number of nitrogens with one attached hydrogen (secondary N) is 1. The number of carbonyl (C=O) groups is 1. The van der Waals surface area contributed by atoms with Crippen LogP contribution >= 0.6 is 15.9 Å². The second-order valence-electron chi connectivity index (χ2n) is 5.60. The van der Waals surface area contributed by atoms with E-state index in [0.717, 1.165) is 34.9 Å². The summed E-state index contributed by atoms with van der Waals surface area (Å²) in [6, 6.07) is 17.7. The smallest absolute Gasteiger partial charge is 0.408 e. The van der Waals surface area contributed by atoms with Gasteiger partial charge in [-0.3, -0.25) is 0 Å². The molecule has 1 aliphatic carbocycles. The van der Waals surface area contributed by atoms with Crippen LogP contribution in [0.25, 0.3) is 0 Å². The van der Waals surface area contributed by atoms with Gasteiger partial charge in [0, 0.05) is 4.47 Å². The molecule has 2 aromatic carbocycles. The fourth-order valence-corrected chi connectivity index (χ4v) is 3.46. The topological polar surface area (TPSA) is 38.3 Å². The lowest BCUT2D eigenvalue weighted by molar-refractivity contribution is 0.106. The Labute approximate surface area is 138 Å². The Morgan fingerprint density at radius 2 is 1.77 bits per heavy atom. The summed E-state index contributed by atoms with van der Waals surface area (Å²) < 4.78 is 6.38. The van der Waals surface area contributed by atoms with Crippen molar-refractivity contribution in [2.24, 2.45) is 0 Å². The van der Waals surface area contributed by atoms with Crippen LogP contribution in [0.3, 0.4) is 0 Å². The highest BCUT2D eigenvalue weighted by molar-refractivity contribution is 9.10. The van der Waals surface area contributed by atoms with Crippen molar-refractivity contribution < 1.29 is 9.53 Å². The molecule has 1 saturated carbocycles. The van der Waals surface area contributed by atoms with E-state index in [9.17, 15) is 4.79 Å². The van der Waals surface area contributed by atoms with E-state index in [1.54, 1.807) is 0 Å². The maximum Gasteiger partial charge on any atom is 0.408 e. The van der Waals surface area contributed by atoms with Gasteiger partial charge in [-0.25, -0.2) is 4.79 Å². The van der Waals surface area contributed by atoms with Crippen LogP contribution in [0.15, 0.2) is 59.1 Å². The first-order chi connectivity index (χ1) is 10.7. The van der Waals surface area contributed by atoms with Gasteiger partial charge in [-0.2, -0.15) is 0 Å². The van der Waals surface area contributed by atoms with E-state index in [2.05, 4.69) is 27.3 Å². The molecule has 1 amide bonds. The van der Waals surface area contributed by atoms with E-state index < -0.39 is 0 Å². The summed E-state index contributed by atoms with van der Waals surface area (Å²) in [7, 11) is 0. The van der Waals surface area contributed by atoms with E-state index in [-0.39, 0.29) is 11.6 Å². The monoisotopic (exact) mass is 359 g/mol. The van der Waals surface area contributed by atoms with Gasteiger partial charge < -0.3 is 10.1 Å². The molecule has 0 unspecified atom stereocenters. The van der Waals surface area contributed by atoms with Gasteiger partial charge in [-0.15, -0.1) is 0 Å². The fourth-order valence-electron chi connectivity index (χ4n) is 2.80. The zero-order valence-corrected chi connectivity index (χ0v) is 13.8. The second-order valence-corrected chi connectivity index (χ2v) is 6.46. The molecule has 0 aromatic heterocycles. The third-order valence-corrected chi connectivity index (χ3v) is 4.84. The molecule has 0 bridgehead atoms. The van der Waals surface area contributed by atoms with Crippen molar-refractivity contribution in [1.82, 2.24) is 5.32 Å². The first kappa shape index (κ1) is 15.1. The maximum atomic E-state index is 12.2. The van der Waals surface area contributed by atoms with Crippen LogP contribution in [0.2, 0.25) is 0 Å². The van der Waals surface area contributed by atoms with Gasteiger partial charge in [-0.05, 0) is 36.5 Å². The minimum Gasteiger partial charge on any atom is -0.445 e. The van der Waals surface area contributed by atoms with E-state index in [1.165, 1.54) is 0 Å². The van der Waals surface area contributed by atoms with Crippen molar-refractivity contribution >= 4 is 22.0 Å². The van der Waals surface area contributed by atoms with Gasteiger partial charge in [0.1, 0.15) is 6.61 Å². The molecule has 0 aliphatic heterocycles. The lowest BCUT2D eigenvalue weighted by atomic mass is 9.72. The third kappa shape index (κ3) is 3.17. The summed E-state index contributed by atoms with van der Waals surface area (Å²) in [4.78, 5) is 12.2. The van der Waals surface area contributed by atoms with Crippen LogP contribution in [-0.4, -0.2) is 6.09 Å². The average Bonchev–Trinajstić information content (AvgIpc) is 2.51. The van der Waals surface area contributed by atoms with Crippen molar-refractivity contribution in [2.75, 3.05) is 0 Å². The summed E-state index contributed by atoms with van der Waals surface area (Å²) >= 11 is 3.58. The predicted octanol–water partition coefficient (Wildman–Crippen LogP) is 4.75. The molecule has 4 heteroatoms. The molecule has 1 aliphatic rings. The number of hydrogen-bond acceptors (Lipinski definition) is 2. The standard InChI is InChI=1S/C18H18BrNO2/c19-16-10-5-4-9-15(16)18(11-6-12-18)20-17(21)22-13-14-7-2-1-3-8-14/h1-5,7-10H,6,11-13H2,(H,20,21). The number of carbonyl (C=O) groups excluding carboxylic acids is 1. The Morgan fingerprint density at radius 3 is 2.41 bits per heavy atom. The van der Waals surface area contributed by atoms with Gasteiger partial charge >= 0.3 is 6.09 Å². The fraction of sp³-hybridized carbons (Fsp3) is 0.278. The molecule has 0 radical (unpaired) electrons. The molecule has 3 nitrogen and oxygen atoms in total. The number of hydrogen-bond donors (Lipinski definition) is 1. The first-order valence-electron chi connectivity index (χ1n) is 7.43. The number of rotatable bonds is 4. The van der Waals surface area contributed by atoms with E-state index >= 15 is 0 Å². The van der Waals surface area contributed by atoms with Gasteiger partial charge in [0.15, 0.2) is 0 Å². The molecule has 3 rings (SSSR count). The minimum absolute atomic E-state index is 0.290. The van der Waals surface area contributed by atoms with Gasteiger partial charge in [0.25, 0.3) is 0 Å². The lowest BCUT2D eigenvalue weighted by Gasteiger charge is -2.43. The van der Waals surface area contributed by atoms with Crippen molar-refractivity contribution in [3.63, 3.8) is 0 Å². The predicted molar refractivity (Wildman–Crippen MR) is 89.4 cm³/mol. The summed E-state index contributed by atoms with van der Waals surface area (Å²) in [6.45, 7) is 0.290. The summed E-state index contributed by atoms with van der Waals surface area (Å²) in [6.07, 6.45) is 2.63. The maximum absolute atomic E-state index is 12.2. The Morgan fingerprint density at radius 1 is 1.09 bits per heavy atom. The van der Waals surface area contributed by atoms with E-state index in [0.29, 0.717) is 6.61 Å². The third-order valence-electron chi connectivity index (χ3n) is 4.15. The zero-order valence-electron chi connectivity index (χ0n) is 12.2. The Balaban J connectivity index is 1.65. The van der Waals surface area contributed by atoms with Crippen LogP contribution in [0.1, 0.15) is 30.4 Å². The van der Waals surface area contributed by atoms with Crippen LogP contribution in [0.5, 0.6) is 0 Å². The van der Waals surface area contributed by atoms with Crippen LogP contribution in [-0.2, 0) is 16.9 Å². The number of benzene rings is 2. The highest BCUT2D eigenvalue weighted by atomic mass is 79.9. The van der Waals surface area contributed by atoms with E-state index in [1.807, 2.05) is 48.5 Å². The molecule has 2 aromatic rings. The molecular weight excluding hydrogens is 342 g/mol. The zero-order chi connectivity index (χ0) is 15.4. The minimum atomic E-state index is -0.362. The highest BCUT2D eigenvalue weighted by Crippen LogP contribution is 2.44. The molecule has 1 fully saturated rings. The number of amides is 1. The van der Waals surface area contributed by atoms with Crippen LogP contribution in [0.4, 0.5) is 4.79 Å². The van der Waals surface area contributed by atoms with Gasteiger partial charge in [-0.1, -0.05) is 64.5 Å². The summed E-state index contributed by atoms with van der Waals surface area (Å²) in [5, 5.41) is 3.07. The molecule has 1 N–H and O–H groups in total. The second kappa shape index (κ2) is 6.53. The van der Waals surface area contributed by atoms with E-state index in [4.69, 9.17) is 4.74 Å². The average molecular weight is 360 g/mol. The van der Waals surface area contributed by atoms with Crippen molar-refractivity contribution in [2.45, 2.75) is 31.4 Å². The Kier molecular flexibility index (Phi) is 4.48. The number of ether oxygens (including phenoxy) is 1. The molecule has 0 atom stereocenters. The Bertz CT molecular complexity index is 653. The van der Waals surface area contributed by atoms with Crippen molar-refractivity contribution in [3.05, 3.63) is 70.2 Å². The van der Waals surface area contributed by atoms with Crippen LogP contribution in [0, 0.1) is 0 Å². The molecule has 0 heterocycles. The SMILES string of the molecule is O=C(NC1(c2ccccc2Br)CCC1)OCc1ccccc1. The number of halogens is 1. The molecule has 114 valence electrons. The van der Waals surface area contributed by atoms with Gasteiger partial charge in [0.05, 0.1) is 5.54 Å². The van der Waals surface area contributed by atoms with Crippen molar-refractivity contribution in [1.29, 1.82) is 0 Å². The number of alkyl carbamates (subject to hydrolysis) is 1. The van der Waals surface area contributed by atoms with Gasteiger partial charge in [0.2, 0.25) is 0 Å².